The number of hydrogen-bond acceptors (Lipinski definition) is 4. The molecule has 8 heteroatoms. The Labute approximate surface area is 694 Å². The third-order valence-electron chi connectivity index (χ3n) is 25.0. The van der Waals surface area contributed by atoms with E-state index in [2.05, 4.69) is 279 Å². The lowest BCUT2D eigenvalue weighted by Gasteiger charge is -2.21. The number of aryl methyl sites for hydroxylation is 8. The molecule has 0 N–H and O–H groups in total. The van der Waals surface area contributed by atoms with E-state index in [-0.39, 0.29) is 0 Å². The maximum Gasteiger partial charge on any atom is 0.216 e. The Morgan fingerprint density at radius 2 is 0.573 bits per heavy atom. The second-order valence-electron chi connectivity index (χ2n) is 32.8. The van der Waals surface area contributed by atoms with E-state index in [1.807, 2.05) is 63.7 Å². The molecule has 2 saturated carbocycles. The highest BCUT2D eigenvalue weighted by Gasteiger charge is 2.30. The van der Waals surface area contributed by atoms with Crippen LogP contribution < -0.4 is 18.3 Å². The van der Waals surface area contributed by atoms with Crippen molar-refractivity contribution >= 4 is 131 Å². The summed E-state index contributed by atoms with van der Waals surface area (Å²) < 4.78 is 92.1. The molecule has 0 saturated heterocycles. The first-order chi connectivity index (χ1) is 59.5. The summed E-state index contributed by atoms with van der Waals surface area (Å²) in [6, 6.07) is 84.3. The van der Waals surface area contributed by atoms with E-state index in [0.29, 0.717) is 5.56 Å². The van der Waals surface area contributed by atoms with Gasteiger partial charge in [0.2, 0.25) is 22.8 Å². The van der Waals surface area contributed by atoms with Crippen LogP contribution in [0.25, 0.3) is 176 Å². The summed E-state index contributed by atoms with van der Waals surface area (Å²) in [5.41, 5.74) is 24.1. The molecule has 117 heavy (non-hydrogen) atoms. The normalized spacial score (nSPS) is 15.7. The minimum Gasteiger partial charge on any atom is -0.455 e. The maximum atomic E-state index is 9.02. The SMILES string of the molecule is [2H]C(C)(C)c1ccc(-c2c(C)ccc3c2oc2ccc4ccccc4c23)[n+](C)c1.[2H]C([2H])([2H])C([2H])(C)c1ccc(-c2c(C)ccc3c2oc2ccc4ccccc4c23)[n+](C)c1.[2H]C1(c2ccc(-c3c(C)ccc4c3oc3ccc5ccccc5c34)[n+](C)c2)CCCC1.[2H]C1(c2ccc(-c3c(C)ccc4c3oc3ccc5ccccc5c34)[n+](C)c2)CCCCC1. The van der Waals surface area contributed by atoms with Gasteiger partial charge >= 0.3 is 0 Å². The van der Waals surface area contributed by atoms with Crippen molar-refractivity contribution in [2.75, 3.05) is 0 Å². The number of nitrogens with zero attached hydrogens (tertiary/aromatic N) is 4. The first-order valence-corrected chi connectivity index (χ1v) is 41.4. The van der Waals surface area contributed by atoms with Gasteiger partial charge in [0.05, 0.1) is 22.3 Å². The highest BCUT2D eigenvalue weighted by molar-refractivity contribution is 6.24. The standard InChI is InChI=1S/C29H28NO.C28H26NO.2C26H24NO/c1-19-12-15-24-28-23-11-7-6-10-21(23)14-17-26(28)31-29(24)27(19)25-16-13-22(18-30(25)2)20-8-4-3-5-9-20;1-18-11-14-23-27-22-10-6-5-9-20(22)13-16-25(27)30-28(23)26(18)24-15-12-21(17-29(24)2)19-7-3-4-8-19;2*1-16(2)19-10-13-22(27(4)15-19)24-17(3)9-12-21-25-20-8-6-5-7-18(20)11-14-23(25)28-26(21)24/h6-7,10-18,20H,3-5,8-9H2,1-2H3;5-6,9-17,19H,3-4,7-8H2,1-2H3;2*5-16H,1-4H3/q4*+1/i20D;19D;1D3,16D;16D. The largest absolute Gasteiger partial charge is 0.455 e. The van der Waals surface area contributed by atoms with Crippen LogP contribution in [0.15, 0.2) is 285 Å². The van der Waals surface area contributed by atoms with E-state index in [1.165, 1.54) is 83.9 Å². The van der Waals surface area contributed by atoms with Gasteiger partial charge in [-0.2, -0.15) is 0 Å². The number of benzene rings is 12. The van der Waals surface area contributed by atoms with Gasteiger partial charge in [-0.25, -0.2) is 18.3 Å². The number of aromatic nitrogens is 4. The molecule has 2 aliphatic rings. The predicted octanol–water partition coefficient (Wildman–Crippen LogP) is 28.1. The van der Waals surface area contributed by atoms with E-state index >= 15 is 0 Å². The third-order valence-corrected chi connectivity index (χ3v) is 25.0. The van der Waals surface area contributed by atoms with E-state index in [4.69, 9.17) is 27.3 Å². The molecule has 12 aromatic carbocycles. The van der Waals surface area contributed by atoms with Crippen LogP contribution in [0, 0.1) is 27.7 Å². The highest BCUT2D eigenvalue weighted by atomic mass is 16.3. The monoisotopic (exact) mass is 1540 g/mol. The molecule has 1 unspecified atom stereocenters. The summed E-state index contributed by atoms with van der Waals surface area (Å²) in [6.07, 6.45) is 17.8. The Bertz CT molecular complexity index is 7700. The lowest BCUT2D eigenvalue weighted by Crippen LogP contribution is -2.32. The van der Waals surface area contributed by atoms with E-state index < -0.39 is 30.4 Å². The molecule has 0 amide bonds. The van der Waals surface area contributed by atoms with Crippen LogP contribution in [-0.4, -0.2) is 0 Å². The summed E-state index contributed by atoms with van der Waals surface area (Å²) in [7, 11) is 8.11. The first-order valence-electron chi connectivity index (χ1n) is 44.9. The molecule has 8 heterocycles. The summed E-state index contributed by atoms with van der Waals surface area (Å²) in [5, 5.41) is 18.8. The summed E-state index contributed by atoms with van der Waals surface area (Å²) in [4.78, 5) is 0. The van der Waals surface area contributed by atoms with Crippen molar-refractivity contribution < 1.29 is 45.5 Å². The fourth-order valence-corrected chi connectivity index (χ4v) is 18.9. The minimum absolute atomic E-state index is 0.435. The quantitative estimate of drug-likeness (QED) is 0.142. The second kappa shape index (κ2) is 30.6. The molecular formula is C109H102N4O4+4. The first kappa shape index (κ1) is 66.7. The van der Waals surface area contributed by atoms with Crippen molar-refractivity contribution in [3.63, 3.8) is 0 Å². The second-order valence-corrected chi connectivity index (χ2v) is 32.8. The lowest BCUT2D eigenvalue weighted by atomic mass is 9.84. The molecule has 22 rings (SSSR count). The molecule has 0 bridgehead atoms. The topological polar surface area (TPSA) is 68.1 Å². The van der Waals surface area contributed by atoms with Crippen LogP contribution >= 0.6 is 0 Å². The molecule has 20 aromatic rings. The fourth-order valence-electron chi connectivity index (χ4n) is 18.9. The summed E-state index contributed by atoms with van der Waals surface area (Å²) in [6.45, 7) is 11.3. The smallest absolute Gasteiger partial charge is 0.216 e. The average Bonchev–Trinajstić information content (AvgIpc) is 1.55. The van der Waals surface area contributed by atoms with E-state index in [9.17, 15) is 0 Å². The number of rotatable bonds is 8. The number of hydrogen-bond donors (Lipinski definition) is 0. The summed E-state index contributed by atoms with van der Waals surface area (Å²) >= 11 is 0. The van der Waals surface area contributed by atoms with Gasteiger partial charge in [0.1, 0.15) is 72.9 Å². The van der Waals surface area contributed by atoms with Gasteiger partial charge in [0.25, 0.3) is 0 Å². The number of pyridine rings is 4. The zero-order valence-corrected chi connectivity index (χ0v) is 68.7. The Balaban J connectivity index is 0.000000108. The Hall–Kier alpha value is -12.5. The predicted molar refractivity (Wildman–Crippen MR) is 486 cm³/mol. The maximum absolute atomic E-state index is 9.02. The zero-order chi connectivity index (χ0) is 86.2. The molecule has 8 nitrogen and oxygen atoms in total. The molecule has 2 fully saturated rings. The third kappa shape index (κ3) is 13.4. The van der Waals surface area contributed by atoms with Crippen LogP contribution in [-0.2, 0) is 28.2 Å². The van der Waals surface area contributed by atoms with Crippen molar-refractivity contribution in [3.8, 4) is 45.0 Å². The average molecular weight is 1540 g/mol. The molecule has 2 aliphatic carbocycles. The van der Waals surface area contributed by atoms with Crippen molar-refractivity contribution in [3.05, 3.63) is 312 Å². The van der Waals surface area contributed by atoms with Crippen LogP contribution in [0.2, 0.25) is 0 Å². The van der Waals surface area contributed by atoms with Crippen LogP contribution in [0.1, 0.15) is 163 Å². The van der Waals surface area contributed by atoms with Crippen molar-refractivity contribution in [2.24, 2.45) is 28.2 Å². The fraction of sp³-hybridized carbons (Fsp3) is 0.229. The zero-order valence-electron chi connectivity index (χ0n) is 75.7. The Morgan fingerprint density at radius 3 is 0.855 bits per heavy atom. The van der Waals surface area contributed by atoms with Crippen molar-refractivity contribution in [1.29, 1.82) is 0 Å². The van der Waals surface area contributed by atoms with Gasteiger partial charge in [0, 0.05) is 99.2 Å². The molecule has 0 aliphatic heterocycles. The highest BCUT2D eigenvalue weighted by Crippen LogP contribution is 2.46. The molecule has 0 spiro atoms. The molecule has 8 aromatic heterocycles. The van der Waals surface area contributed by atoms with Gasteiger partial charge in [-0.1, -0.05) is 230 Å². The Kier molecular flexibility index (Phi) is 17.4. The summed E-state index contributed by atoms with van der Waals surface area (Å²) in [5.74, 6) is -3.21. The molecular weight excluding hydrogens is 1430 g/mol. The van der Waals surface area contributed by atoms with Crippen molar-refractivity contribution in [2.45, 2.75) is 137 Å². The van der Waals surface area contributed by atoms with Crippen LogP contribution in [0.3, 0.4) is 0 Å². The molecule has 0 radical (unpaired) electrons. The Morgan fingerprint density at radius 1 is 0.299 bits per heavy atom. The van der Waals surface area contributed by atoms with E-state index in [1.54, 1.807) is 12.3 Å². The van der Waals surface area contributed by atoms with Crippen LogP contribution in [0.4, 0.5) is 0 Å². The minimum atomic E-state index is -2.42. The van der Waals surface area contributed by atoms with Gasteiger partial charge in [-0.15, -0.1) is 0 Å². The number of fused-ring (bicyclic) bond motifs is 20. The number of furan rings is 4. The van der Waals surface area contributed by atoms with Gasteiger partial charge in [-0.3, -0.25) is 0 Å². The molecule has 1 atom stereocenters. The van der Waals surface area contributed by atoms with E-state index in [0.717, 1.165) is 196 Å². The van der Waals surface area contributed by atoms with Crippen molar-refractivity contribution in [1.82, 2.24) is 0 Å². The van der Waals surface area contributed by atoms with Gasteiger partial charge in [0.15, 0.2) is 24.8 Å². The van der Waals surface area contributed by atoms with Gasteiger partial charge in [-0.05, 0) is 191 Å². The lowest BCUT2D eigenvalue weighted by molar-refractivity contribution is -0.661. The van der Waals surface area contributed by atoms with Crippen LogP contribution in [0.5, 0.6) is 0 Å². The molecule has 578 valence electrons. The van der Waals surface area contributed by atoms with Gasteiger partial charge < -0.3 is 17.7 Å².